The molecular formula is C16H28N2O2S. The average molecular weight is 312 g/mol. The van der Waals surface area contributed by atoms with Crippen LogP contribution in [-0.4, -0.2) is 40.4 Å². The Kier molecular flexibility index (Phi) is 7.86. The predicted octanol–water partition coefficient (Wildman–Crippen LogP) is 2.94. The van der Waals surface area contributed by atoms with Crippen molar-refractivity contribution in [3.63, 3.8) is 0 Å². The number of unbranched alkanes of at least 4 members (excludes halogenated alkanes) is 2. The Morgan fingerprint density at radius 3 is 2.57 bits per heavy atom. The van der Waals surface area contributed by atoms with Crippen LogP contribution in [0.2, 0.25) is 0 Å². The summed E-state index contributed by atoms with van der Waals surface area (Å²) in [7, 11) is 0. The maximum atomic E-state index is 12.4. The number of hydrogen-bond donors (Lipinski definition) is 1. The van der Waals surface area contributed by atoms with Crippen molar-refractivity contribution in [3.05, 3.63) is 11.6 Å². The fraction of sp³-hybridized carbons (Fsp3) is 0.750. The molecule has 1 fully saturated rings. The summed E-state index contributed by atoms with van der Waals surface area (Å²) in [5, 5.41) is 3.09. The first-order chi connectivity index (χ1) is 10.0. The summed E-state index contributed by atoms with van der Waals surface area (Å²) >= 11 is 1.70. The number of nitrogens with zero attached hydrogens (tertiary/aromatic N) is 1. The molecule has 2 atom stereocenters. The molecule has 0 aliphatic carbocycles. The maximum absolute atomic E-state index is 12.4. The molecule has 1 saturated heterocycles. The van der Waals surface area contributed by atoms with Crippen molar-refractivity contribution < 1.29 is 9.59 Å². The van der Waals surface area contributed by atoms with Crippen LogP contribution in [0.1, 0.15) is 53.4 Å². The second kappa shape index (κ2) is 9.13. The van der Waals surface area contributed by atoms with E-state index in [2.05, 4.69) is 19.2 Å². The predicted molar refractivity (Wildman–Crippen MR) is 89.1 cm³/mol. The zero-order chi connectivity index (χ0) is 15.8. The van der Waals surface area contributed by atoms with Gasteiger partial charge in [0.25, 0.3) is 0 Å². The molecule has 0 aromatic heterocycles. The van der Waals surface area contributed by atoms with Crippen LogP contribution in [0.25, 0.3) is 0 Å². The molecule has 1 rings (SSSR count). The zero-order valence-corrected chi connectivity index (χ0v) is 14.5. The summed E-state index contributed by atoms with van der Waals surface area (Å²) in [5.41, 5.74) is 0.967. The van der Waals surface area contributed by atoms with Crippen LogP contribution in [0, 0.1) is 0 Å². The van der Waals surface area contributed by atoms with Crippen molar-refractivity contribution in [2.75, 3.05) is 12.3 Å². The number of amides is 2. The van der Waals surface area contributed by atoms with Gasteiger partial charge in [0, 0.05) is 18.4 Å². The number of rotatable bonds is 7. The quantitative estimate of drug-likeness (QED) is 0.581. The molecule has 0 bridgehead atoms. The fourth-order valence-electron chi connectivity index (χ4n) is 2.40. The van der Waals surface area contributed by atoms with Gasteiger partial charge in [-0.25, -0.2) is 0 Å². The maximum Gasteiger partial charge on any atom is 0.248 e. The highest BCUT2D eigenvalue weighted by molar-refractivity contribution is 8.00. The Bertz CT molecular complexity index is 392. The SMILES string of the molecule is CCCCCNC(=O)[C@@H]1CS[C@@H](CC)N1C(=O)C=C(C)C. The van der Waals surface area contributed by atoms with E-state index in [1.807, 2.05) is 13.8 Å². The van der Waals surface area contributed by atoms with Gasteiger partial charge in [-0.15, -0.1) is 11.8 Å². The Balaban J connectivity index is 2.68. The minimum atomic E-state index is -0.329. The van der Waals surface area contributed by atoms with Crippen molar-refractivity contribution in [2.24, 2.45) is 0 Å². The van der Waals surface area contributed by atoms with Crippen LogP contribution >= 0.6 is 11.8 Å². The minimum absolute atomic E-state index is 0.00920. The van der Waals surface area contributed by atoms with Crippen molar-refractivity contribution in [3.8, 4) is 0 Å². The summed E-state index contributed by atoms with van der Waals surface area (Å²) in [4.78, 5) is 26.5. The third kappa shape index (κ3) is 5.38. The third-order valence-electron chi connectivity index (χ3n) is 3.49. The van der Waals surface area contributed by atoms with Gasteiger partial charge in [0.05, 0.1) is 5.37 Å². The van der Waals surface area contributed by atoms with Gasteiger partial charge in [-0.05, 0) is 26.7 Å². The fourth-order valence-corrected chi connectivity index (χ4v) is 3.77. The summed E-state index contributed by atoms with van der Waals surface area (Å²) in [6.07, 6.45) is 5.76. The standard InChI is InChI=1S/C16H28N2O2S/c1-5-7-8-9-17-16(20)13-11-21-15(6-2)18(13)14(19)10-12(3)4/h10,13,15H,5-9,11H2,1-4H3,(H,17,20)/t13-,15-/m0/s1. The van der Waals surface area contributed by atoms with E-state index in [4.69, 9.17) is 0 Å². The van der Waals surface area contributed by atoms with E-state index in [-0.39, 0.29) is 23.2 Å². The van der Waals surface area contributed by atoms with Gasteiger partial charge < -0.3 is 10.2 Å². The highest BCUT2D eigenvalue weighted by atomic mass is 32.2. The van der Waals surface area contributed by atoms with E-state index in [9.17, 15) is 9.59 Å². The van der Waals surface area contributed by atoms with Gasteiger partial charge in [0.1, 0.15) is 6.04 Å². The lowest BCUT2D eigenvalue weighted by Gasteiger charge is -2.27. The van der Waals surface area contributed by atoms with E-state index in [1.54, 1.807) is 22.7 Å². The topological polar surface area (TPSA) is 49.4 Å². The van der Waals surface area contributed by atoms with Crippen molar-refractivity contribution >= 4 is 23.6 Å². The van der Waals surface area contributed by atoms with Crippen molar-refractivity contribution in [2.45, 2.75) is 64.8 Å². The molecule has 0 spiro atoms. The Morgan fingerprint density at radius 1 is 1.29 bits per heavy atom. The third-order valence-corrected chi connectivity index (χ3v) is 4.94. The van der Waals surface area contributed by atoms with E-state index in [0.717, 1.165) is 31.3 Å². The Labute approximate surface area is 132 Å². The summed E-state index contributed by atoms with van der Waals surface area (Å²) in [6.45, 7) is 8.71. The van der Waals surface area contributed by atoms with E-state index >= 15 is 0 Å². The molecule has 0 aromatic carbocycles. The van der Waals surface area contributed by atoms with Gasteiger partial charge in [-0.2, -0.15) is 0 Å². The molecule has 1 heterocycles. The number of nitrogens with one attached hydrogen (secondary N) is 1. The molecule has 5 heteroatoms. The van der Waals surface area contributed by atoms with Crippen LogP contribution in [-0.2, 0) is 9.59 Å². The molecule has 0 unspecified atom stereocenters. The molecule has 21 heavy (non-hydrogen) atoms. The molecule has 120 valence electrons. The van der Waals surface area contributed by atoms with Gasteiger partial charge in [-0.3, -0.25) is 9.59 Å². The molecule has 0 radical (unpaired) electrons. The van der Waals surface area contributed by atoms with Crippen LogP contribution in [0.5, 0.6) is 0 Å². The molecule has 1 aliphatic heterocycles. The second-order valence-corrected chi connectivity index (χ2v) is 6.89. The average Bonchev–Trinajstić information content (AvgIpc) is 2.86. The lowest BCUT2D eigenvalue weighted by Crippen LogP contribution is -2.49. The highest BCUT2D eigenvalue weighted by Gasteiger charge is 2.39. The molecular weight excluding hydrogens is 284 g/mol. The zero-order valence-electron chi connectivity index (χ0n) is 13.6. The molecule has 1 aliphatic rings. The van der Waals surface area contributed by atoms with Gasteiger partial charge in [0.15, 0.2) is 0 Å². The first-order valence-electron chi connectivity index (χ1n) is 7.87. The van der Waals surface area contributed by atoms with Crippen LogP contribution < -0.4 is 5.32 Å². The van der Waals surface area contributed by atoms with E-state index < -0.39 is 0 Å². The lowest BCUT2D eigenvalue weighted by atomic mass is 10.2. The van der Waals surface area contributed by atoms with Gasteiger partial charge >= 0.3 is 0 Å². The van der Waals surface area contributed by atoms with Crippen LogP contribution in [0.4, 0.5) is 0 Å². The van der Waals surface area contributed by atoms with Crippen molar-refractivity contribution in [1.82, 2.24) is 10.2 Å². The summed E-state index contributed by atoms with van der Waals surface area (Å²) in [6, 6.07) is -0.329. The summed E-state index contributed by atoms with van der Waals surface area (Å²) < 4.78 is 0. The first-order valence-corrected chi connectivity index (χ1v) is 8.92. The molecule has 0 saturated carbocycles. The van der Waals surface area contributed by atoms with Crippen molar-refractivity contribution in [1.29, 1.82) is 0 Å². The monoisotopic (exact) mass is 312 g/mol. The first kappa shape index (κ1) is 18.1. The number of allylic oxidation sites excluding steroid dienone is 1. The van der Waals surface area contributed by atoms with Gasteiger partial charge in [-0.1, -0.05) is 32.3 Å². The Hall–Kier alpha value is -0.970. The summed E-state index contributed by atoms with van der Waals surface area (Å²) in [5.74, 6) is 0.645. The largest absolute Gasteiger partial charge is 0.354 e. The molecule has 1 N–H and O–H groups in total. The number of thioether (sulfide) groups is 1. The Morgan fingerprint density at radius 2 is 2.00 bits per heavy atom. The van der Waals surface area contributed by atoms with Crippen LogP contribution in [0.3, 0.4) is 0 Å². The van der Waals surface area contributed by atoms with E-state index in [1.165, 1.54) is 0 Å². The molecule has 0 aromatic rings. The normalized spacial score (nSPS) is 21.2. The number of hydrogen-bond acceptors (Lipinski definition) is 3. The number of carbonyl (C=O) groups is 2. The molecule has 2 amide bonds. The van der Waals surface area contributed by atoms with Crippen LogP contribution in [0.15, 0.2) is 11.6 Å². The number of carbonyl (C=O) groups excluding carboxylic acids is 2. The minimum Gasteiger partial charge on any atom is -0.354 e. The van der Waals surface area contributed by atoms with E-state index in [0.29, 0.717) is 12.3 Å². The molecule has 4 nitrogen and oxygen atoms in total. The lowest BCUT2D eigenvalue weighted by molar-refractivity contribution is -0.136. The highest BCUT2D eigenvalue weighted by Crippen LogP contribution is 2.31. The van der Waals surface area contributed by atoms with Gasteiger partial charge in [0.2, 0.25) is 11.8 Å². The second-order valence-electron chi connectivity index (χ2n) is 5.68. The smallest absolute Gasteiger partial charge is 0.248 e.